The Labute approximate surface area is 94.7 Å². The molecule has 0 aromatic carbocycles. The number of thiophene rings is 1. The van der Waals surface area contributed by atoms with Crippen LogP contribution in [-0.2, 0) is 0 Å². The number of unbranched alkanes of at least 4 members (excludes halogenated alkanes) is 3. The van der Waals surface area contributed by atoms with Crippen molar-refractivity contribution in [3.63, 3.8) is 0 Å². The van der Waals surface area contributed by atoms with E-state index in [1.807, 2.05) is 12.1 Å². The summed E-state index contributed by atoms with van der Waals surface area (Å²) >= 11 is 7.27. The Morgan fingerprint density at radius 3 is 2.71 bits per heavy atom. The molecule has 1 rings (SSSR count). The third-order valence-corrected chi connectivity index (χ3v) is 3.59. The SMILES string of the molecule is CCCCCCC(O)c1ccc(Cl)s1. The molecule has 1 unspecified atom stereocenters. The van der Waals surface area contributed by atoms with Gasteiger partial charge in [-0.2, -0.15) is 0 Å². The molecule has 0 aliphatic rings. The van der Waals surface area contributed by atoms with Crippen LogP contribution in [0.15, 0.2) is 12.1 Å². The van der Waals surface area contributed by atoms with Crippen LogP contribution in [0.25, 0.3) is 0 Å². The van der Waals surface area contributed by atoms with E-state index in [-0.39, 0.29) is 6.10 Å². The van der Waals surface area contributed by atoms with E-state index < -0.39 is 0 Å². The molecule has 0 spiro atoms. The van der Waals surface area contributed by atoms with Gasteiger partial charge in [0.05, 0.1) is 10.4 Å². The maximum absolute atomic E-state index is 9.78. The predicted molar refractivity (Wildman–Crippen MR) is 63.0 cm³/mol. The number of aliphatic hydroxyl groups is 1. The third kappa shape index (κ3) is 3.99. The first-order chi connectivity index (χ1) is 6.74. The van der Waals surface area contributed by atoms with Crippen molar-refractivity contribution in [2.45, 2.75) is 45.1 Å². The van der Waals surface area contributed by atoms with Gasteiger partial charge in [0.25, 0.3) is 0 Å². The maximum atomic E-state index is 9.78. The van der Waals surface area contributed by atoms with Crippen LogP contribution in [0.1, 0.15) is 50.0 Å². The van der Waals surface area contributed by atoms with Gasteiger partial charge in [0.2, 0.25) is 0 Å². The van der Waals surface area contributed by atoms with Gasteiger partial charge in [-0.15, -0.1) is 11.3 Å². The van der Waals surface area contributed by atoms with Crippen molar-refractivity contribution < 1.29 is 5.11 Å². The molecule has 0 fully saturated rings. The van der Waals surface area contributed by atoms with Gasteiger partial charge < -0.3 is 5.11 Å². The molecule has 1 aromatic rings. The van der Waals surface area contributed by atoms with Crippen LogP contribution in [-0.4, -0.2) is 5.11 Å². The van der Waals surface area contributed by atoms with Gasteiger partial charge in [0.1, 0.15) is 0 Å². The molecule has 0 saturated carbocycles. The zero-order valence-electron chi connectivity index (χ0n) is 8.50. The molecule has 14 heavy (non-hydrogen) atoms. The van der Waals surface area contributed by atoms with Crippen molar-refractivity contribution in [3.8, 4) is 0 Å². The topological polar surface area (TPSA) is 20.2 Å². The molecule has 0 radical (unpaired) electrons. The van der Waals surface area contributed by atoms with E-state index in [0.717, 1.165) is 22.1 Å². The minimum atomic E-state index is -0.315. The normalized spacial score (nSPS) is 13.1. The zero-order chi connectivity index (χ0) is 10.4. The van der Waals surface area contributed by atoms with Crippen LogP contribution in [0, 0.1) is 0 Å². The molecule has 0 saturated heterocycles. The van der Waals surface area contributed by atoms with E-state index in [1.165, 1.54) is 30.6 Å². The molecule has 1 aromatic heterocycles. The van der Waals surface area contributed by atoms with Crippen LogP contribution in [0.3, 0.4) is 0 Å². The Bertz CT molecular complexity index is 260. The van der Waals surface area contributed by atoms with Gasteiger partial charge in [-0.25, -0.2) is 0 Å². The van der Waals surface area contributed by atoms with Crippen LogP contribution in [0.2, 0.25) is 4.34 Å². The standard InChI is InChI=1S/C11H17ClOS/c1-2-3-4-5-6-9(13)10-7-8-11(12)14-10/h7-9,13H,2-6H2,1H3. The van der Waals surface area contributed by atoms with Gasteiger partial charge in [-0.3, -0.25) is 0 Å². The monoisotopic (exact) mass is 232 g/mol. The molecule has 1 heterocycles. The van der Waals surface area contributed by atoms with E-state index in [2.05, 4.69) is 6.92 Å². The summed E-state index contributed by atoms with van der Waals surface area (Å²) in [6.07, 6.45) is 5.36. The number of halogens is 1. The highest BCUT2D eigenvalue weighted by atomic mass is 35.5. The summed E-state index contributed by atoms with van der Waals surface area (Å²) in [6.45, 7) is 2.19. The second-order valence-corrected chi connectivity index (χ2v) is 5.25. The van der Waals surface area contributed by atoms with Crippen LogP contribution >= 0.6 is 22.9 Å². The van der Waals surface area contributed by atoms with Crippen molar-refractivity contribution in [1.29, 1.82) is 0 Å². The number of hydrogen-bond donors (Lipinski definition) is 1. The molecular formula is C11H17ClOS. The molecule has 80 valence electrons. The fourth-order valence-electron chi connectivity index (χ4n) is 1.41. The molecule has 1 nitrogen and oxygen atoms in total. The summed E-state index contributed by atoms with van der Waals surface area (Å²) in [5.41, 5.74) is 0. The highest BCUT2D eigenvalue weighted by molar-refractivity contribution is 7.16. The lowest BCUT2D eigenvalue weighted by atomic mass is 10.1. The average Bonchev–Trinajstić information content (AvgIpc) is 2.59. The van der Waals surface area contributed by atoms with Crippen LogP contribution < -0.4 is 0 Å². The number of rotatable bonds is 6. The van der Waals surface area contributed by atoms with Gasteiger partial charge in [-0.1, -0.05) is 44.2 Å². The Morgan fingerprint density at radius 1 is 1.36 bits per heavy atom. The second-order valence-electron chi connectivity index (χ2n) is 3.51. The van der Waals surface area contributed by atoms with Gasteiger partial charge in [0, 0.05) is 4.88 Å². The number of aliphatic hydroxyl groups excluding tert-OH is 1. The first-order valence-electron chi connectivity index (χ1n) is 5.17. The Kier molecular flexibility index (Phi) is 5.53. The highest BCUT2D eigenvalue weighted by Gasteiger charge is 2.09. The Morgan fingerprint density at radius 2 is 2.14 bits per heavy atom. The fourth-order valence-corrected chi connectivity index (χ4v) is 2.50. The Hall–Kier alpha value is -0.0500. The second kappa shape index (κ2) is 6.44. The van der Waals surface area contributed by atoms with Gasteiger partial charge in [0.15, 0.2) is 0 Å². The molecule has 0 aliphatic carbocycles. The molecule has 1 atom stereocenters. The van der Waals surface area contributed by atoms with Crippen molar-refractivity contribution in [2.75, 3.05) is 0 Å². The summed E-state index contributed by atoms with van der Waals surface area (Å²) < 4.78 is 0.757. The molecule has 1 N–H and O–H groups in total. The van der Waals surface area contributed by atoms with E-state index in [0.29, 0.717) is 0 Å². The van der Waals surface area contributed by atoms with Crippen molar-refractivity contribution >= 4 is 22.9 Å². The quantitative estimate of drug-likeness (QED) is 0.721. The lowest BCUT2D eigenvalue weighted by Crippen LogP contribution is -1.93. The summed E-state index contributed by atoms with van der Waals surface area (Å²) in [6, 6.07) is 3.76. The third-order valence-electron chi connectivity index (χ3n) is 2.25. The lowest BCUT2D eigenvalue weighted by molar-refractivity contribution is 0.167. The van der Waals surface area contributed by atoms with Gasteiger partial charge >= 0.3 is 0 Å². The van der Waals surface area contributed by atoms with Crippen LogP contribution in [0.5, 0.6) is 0 Å². The molecular weight excluding hydrogens is 216 g/mol. The van der Waals surface area contributed by atoms with E-state index in [9.17, 15) is 5.11 Å². The summed E-state index contributed by atoms with van der Waals surface area (Å²) in [5.74, 6) is 0. The summed E-state index contributed by atoms with van der Waals surface area (Å²) in [7, 11) is 0. The van der Waals surface area contributed by atoms with Crippen LogP contribution in [0.4, 0.5) is 0 Å². The minimum Gasteiger partial charge on any atom is -0.388 e. The Balaban J connectivity index is 2.25. The van der Waals surface area contributed by atoms with E-state index in [4.69, 9.17) is 11.6 Å². The number of hydrogen-bond acceptors (Lipinski definition) is 2. The highest BCUT2D eigenvalue weighted by Crippen LogP contribution is 2.29. The average molecular weight is 233 g/mol. The van der Waals surface area contributed by atoms with Crippen molar-refractivity contribution in [1.82, 2.24) is 0 Å². The molecule has 0 amide bonds. The largest absolute Gasteiger partial charge is 0.388 e. The molecule has 0 bridgehead atoms. The fraction of sp³-hybridized carbons (Fsp3) is 0.636. The van der Waals surface area contributed by atoms with E-state index >= 15 is 0 Å². The smallest absolute Gasteiger partial charge is 0.0932 e. The van der Waals surface area contributed by atoms with E-state index in [1.54, 1.807) is 0 Å². The first kappa shape index (κ1) is 12.0. The predicted octanol–water partition coefficient (Wildman–Crippen LogP) is 4.41. The van der Waals surface area contributed by atoms with Gasteiger partial charge in [-0.05, 0) is 18.6 Å². The molecule has 0 aliphatic heterocycles. The zero-order valence-corrected chi connectivity index (χ0v) is 10.1. The molecule has 3 heteroatoms. The maximum Gasteiger partial charge on any atom is 0.0932 e. The summed E-state index contributed by atoms with van der Waals surface area (Å²) in [4.78, 5) is 0.992. The summed E-state index contributed by atoms with van der Waals surface area (Å²) in [5, 5.41) is 9.78. The lowest BCUT2D eigenvalue weighted by Gasteiger charge is -2.07. The van der Waals surface area contributed by atoms with Crippen molar-refractivity contribution in [3.05, 3.63) is 21.3 Å². The van der Waals surface area contributed by atoms with Crippen molar-refractivity contribution in [2.24, 2.45) is 0 Å². The minimum absolute atomic E-state index is 0.315. The first-order valence-corrected chi connectivity index (χ1v) is 6.36.